The number of hydrogen-bond acceptors (Lipinski definition) is 5. The molecule has 108 valence electrons. The van der Waals surface area contributed by atoms with Crippen LogP contribution in [0, 0.1) is 11.3 Å². The summed E-state index contributed by atoms with van der Waals surface area (Å²) < 4.78 is 25.9. The van der Waals surface area contributed by atoms with Gasteiger partial charge in [0.1, 0.15) is 4.90 Å². The standard InChI is InChI=1S/C11H11ClN2O5S/c12-8-5-7(6-13)1-2-10(8)20(18,19)14-4-3-9(15)11(16)17/h1-2,5,9,14-15H,3-4H2,(H,16,17)/t9-/m0/s1. The molecule has 0 radical (unpaired) electrons. The number of nitrogens with zero attached hydrogens (tertiary/aromatic N) is 1. The molecule has 20 heavy (non-hydrogen) atoms. The molecule has 0 saturated heterocycles. The molecule has 0 aliphatic rings. The number of carboxylic acid groups (broad SMARTS) is 1. The van der Waals surface area contributed by atoms with E-state index >= 15 is 0 Å². The van der Waals surface area contributed by atoms with Crippen molar-refractivity contribution in [2.75, 3.05) is 6.54 Å². The Morgan fingerprint density at radius 1 is 1.50 bits per heavy atom. The molecule has 0 aliphatic heterocycles. The van der Waals surface area contributed by atoms with Gasteiger partial charge in [0.15, 0.2) is 6.10 Å². The van der Waals surface area contributed by atoms with Crippen molar-refractivity contribution >= 4 is 27.6 Å². The van der Waals surface area contributed by atoms with Crippen LogP contribution >= 0.6 is 11.6 Å². The van der Waals surface area contributed by atoms with Gasteiger partial charge in [-0.2, -0.15) is 5.26 Å². The Kier molecular flexibility index (Phi) is 5.47. The minimum atomic E-state index is -3.93. The minimum absolute atomic E-state index is 0.115. The number of halogens is 1. The Morgan fingerprint density at radius 2 is 2.15 bits per heavy atom. The van der Waals surface area contributed by atoms with Crippen molar-refractivity contribution in [2.45, 2.75) is 17.4 Å². The number of aliphatic hydroxyl groups excluding tert-OH is 1. The second-order valence-corrected chi connectivity index (χ2v) is 5.94. The molecule has 0 bridgehead atoms. The summed E-state index contributed by atoms with van der Waals surface area (Å²) in [6.45, 7) is -0.258. The molecule has 0 heterocycles. The molecule has 1 aromatic rings. The summed E-state index contributed by atoms with van der Waals surface area (Å²) >= 11 is 5.77. The molecule has 7 nitrogen and oxygen atoms in total. The Hall–Kier alpha value is -1.66. The van der Waals surface area contributed by atoms with Crippen LogP contribution < -0.4 is 4.72 Å². The maximum absolute atomic E-state index is 11.9. The summed E-state index contributed by atoms with van der Waals surface area (Å²) in [5.74, 6) is -1.43. The number of sulfonamides is 1. The molecular formula is C11H11ClN2O5S. The van der Waals surface area contributed by atoms with Gasteiger partial charge in [-0.1, -0.05) is 11.6 Å². The van der Waals surface area contributed by atoms with Crippen molar-refractivity contribution in [1.29, 1.82) is 5.26 Å². The molecule has 0 saturated carbocycles. The fourth-order valence-corrected chi connectivity index (χ4v) is 2.91. The molecule has 1 aromatic carbocycles. The molecule has 0 amide bonds. The third-order valence-corrected chi connectivity index (χ3v) is 4.29. The van der Waals surface area contributed by atoms with Gasteiger partial charge in [0.05, 0.1) is 16.7 Å². The molecule has 9 heteroatoms. The predicted octanol–water partition coefficient (Wildman–Crippen LogP) is 0.326. The van der Waals surface area contributed by atoms with Gasteiger partial charge in [0.25, 0.3) is 0 Å². The fraction of sp³-hybridized carbons (Fsp3) is 0.273. The van der Waals surface area contributed by atoms with E-state index in [1.54, 1.807) is 0 Å². The SMILES string of the molecule is N#Cc1ccc(S(=O)(=O)NCC[C@H](O)C(=O)O)c(Cl)c1. The molecule has 0 unspecified atom stereocenters. The lowest BCUT2D eigenvalue weighted by Crippen LogP contribution is -2.30. The number of aliphatic carboxylic acids is 1. The maximum atomic E-state index is 11.9. The van der Waals surface area contributed by atoms with Crippen LogP contribution in [-0.4, -0.2) is 37.2 Å². The van der Waals surface area contributed by atoms with E-state index in [2.05, 4.69) is 4.72 Å². The number of nitriles is 1. The monoisotopic (exact) mass is 318 g/mol. The number of nitrogens with one attached hydrogen (secondary N) is 1. The molecule has 0 fully saturated rings. The van der Waals surface area contributed by atoms with Crippen molar-refractivity contribution in [3.63, 3.8) is 0 Å². The highest BCUT2D eigenvalue weighted by atomic mass is 35.5. The van der Waals surface area contributed by atoms with Gasteiger partial charge in [-0.05, 0) is 24.6 Å². The number of rotatable bonds is 6. The maximum Gasteiger partial charge on any atom is 0.332 e. The first-order valence-electron chi connectivity index (χ1n) is 5.38. The molecule has 0 spiro atoms. The van der Waals surface area contributed by atoms with Crippen LogP contribution in [0.3, 0.4) is 0 Å². The summed E-state index contributed by atoms with van der Waals surface area (Å²) in [5, 5.41) is 26.0. The largest absolute Gasteiger partial charge is 0.479 e. The van der Waals surface area contributed by atoms with E-state index in [1.807, 2.05) is 6.07 Å². The van der Waals surface area contributed by atoms with Crippen LogP contribution in [0.5, 0.6) is 0 Å². The van der Waals surface area contributed by atoms with Crippen molar-refractivity contribution in [3.8, 4) is 6.07 Å². The van der Waals surface area contributed by atoms with Gasteiger partial charge < -0.3 is 10.2 Å². The summed E-state index contributed by atoms with van der Waals surface area (Å²) in [5.41, 5.74) is 0.218. The number of carbonyl (C=O) groups is 1. The number of aliphatic hydroxyl groups is 1. The van der Waals surface area contributed by atoms with Crippen LogP contribution in [0.15, 0.2) is 23.1 Å². The molecular weight excluding hydrogens is 308 g/mol. The van der Waals surface area contributed by atoms with Crippen molar-refractivity contribution in [1.82, 2.24) is 4.72 Å². The van der Waals surface area contributed by atoms with E-state index in [1.165, 1.54) is 18.2 Å². The Bertz CT molecular complexity index is 653. The summed E-state index contributed by atoms with van der Waals surface area (Å²) in [4.78, 5) is 10.2. The Balaban J connectivity index is 2.80. The Morgan fingerprint density at radius 3 is 2.65 bits per heavy atom. The fourth-order valence-electron chi connectivity index (χ4n) is 1.32. The van der Waals surface area contributed by atoms with Crippen molar-refractivity contribution in [3.05, 3.63) is 28.8 Å². The molecule has 0 aliphatic carbocycles. The van der Waals surface area contributed by atoms with E-state index in [0.717, 1.165) is 0 Å². The van der Waals surface area contributed by atoms with Crippen molar-refractivity contribution in [2.24, 2.45) is 0 Å². The third kappa shape index (κ3) is 4.18. The lowest BCUT2D eigenvalue weighted by molar-refractivity contribution is -0.146. The first-order chi connectivity index (χ1) is 9.27. The second-order valence-electron chi connectivity index (χ2n) is 3.80. The smallest absolute Gasteiger partial charge is 0.332 e. The summed E-state index contributed by atoms with van der Waals surface area (Å²) in [7, 11) is -3.93. The van der Waals surface area contributed by atoms with Crippen LogP contribution in [0.4, 0.5) is 0 Å². The zero-order chi connectivity index (χ0) is 15.3. The molecule has 3 N–H and O–H groups in total. The third-order valence-electron chi connectivity index (χ3n) is 2.35. The van der Waals surface area contributed by atoms with Gasteiger partial charge in [-0.25, -0.2) is 17.9 Å². The average molecular weight is 319 g/mol. The van der Waals surface area contributed by atoms with Gasteiger partial charge in [0.2, 0.25) is 10.0 Å². The van der Waals surface area contributed by atoms with Crippen LogP contribution in [0.25, 0.3) is 0 Å². The summed E-state index contributed by atoms with van der Waals surface area (Å²) in [6.07, 6.45) is -1.92. The van der Waals surface area contributed by atoms with E-state index in [-0.39, 0.29) is 28.4 Å². The number of hydrogen-bond donors (Lipinski definition) is 3. The van der Waals surface area contributed by atoms with Gasteiger partial charge in [-0.15, -0.1) is 0 Å². The zero-order valence-corrected chi connectivity index (χ0v) is 11.6. The van der Waals surface area contributed by atoms with Crippen LogP contribution in [0.1, 0.15) is 12.0 Å². The molecule has 1 atom stereocenters. The average Bonchev–Trinajstić information content (AvgIpc) is 2.37. The van der Waals surface area contributed by atoms with Gasteiger partial charge in [0, 0.05) is 6.54 Å². The normalized spacial score (nSPS) is 12.7. The highest BCUT2D eigenvalue weighted by molar-refractivity contribution is 7.89. The topological polar surface area (TPSA) is 127 Å². The van der Waals surface area contributed by atoms with E-state index in [4.69, 9.17) is 27.1 Å². The summed E-state index contributed by atoms with van der Waals surface area (Å²) in [6, 6.07) is 5.51. The lowest BCUT2D eigenvalue weighted by atomic mass is 10.2. The number of benzene rings is 1. The van der Waals surface area contributed by atoms with Crippen LogP contribution in [-0.2, 0) is 14.8 Å². The predicted molar refractivity (Wildman–Crippen MR) is 69.6 cm³/mol. The second kappa shape index (κ2) is 6.67. The van der Waals surface area contributed by atoms with Crippen LogP contribution in [0.2, 0.25) is 5.02 Å². The molecule has 0 aromatic heterocycles. The first-order valence-corrected chi connectivity index (χ1v) is 7.24. The highest BCUT2D eigenvalue weighted by Gasteiger charge is 2.19. The molecule has 1 rings (SSSR count). The first kappa shape index (κ1) is 16.4. The number of carboxylic acids is 1. The van der Waals surface area contributed by atoms with Gasteiger partial charge in [-0.3, -0.25) is 0 Å². The lowest BCUT2D eigenvalue weighted by Gasteiger charge is -2.09. The van der Waals surface area contributed by atoms with E-state index in [9.17, 15) is 13.2 Å². The Labute approximate surface area is 120 Å². The minimum Gasteiger partial charge on any atom is -0.479 e. The van der Waals surface area contributed by atoms with E-state index in [0.29, 0.717) is 0 Å². The quantitative estimate of drug-likeness (QED) is 0.693. The zero-order valence-electron chi connectivity index (χ0n) is 10.1. The highest BCUT2D eigenvalue weighted by Crippen LogP contribution is 2.22. The van der Waals surface area contributed by atoms with E-state index < -0.39 is 22.1 Å². The van der Waals surface area contributed by atoms with Crippen molar-refractivity contribution < 1.29 is 23.4 Å². The van der Waals surface area contributed by atoms with Gasteiger partial charge >= 0.3 is 5.97 Å².